The Morgan fingerprint density at radius 1 is 0.852 bits per heavy atom. The van der Waals surface area contributed by atoms with Gasteiger partial charge in [-0.1, -0.05) is 36.4 Å². The van der Waals surface area contributed by atoms with E-state index in [-0.39, 0.29) is 6.04 Å². The van der Waals surface area contributed by atoms with E-state index < -0.39 is 0 Å². The minimum Gasteiger partial charge on any atom is -0.492 e. The summed E-state index contributed by atoms with van der Waals surface area (Å²) in [6, 6.07) is 16.5. The van der Waals surface area contributed by atoms with Gasteiger partial charge >= 0.3 is 0 Å². The summed E-state index contributed by atoms with van der Waals surface area (Å²) in [5.74, 6) is 1.89. The molecule has 1 fully saturated rings. The molecule has 0 saturated carbocycles. The largest absolute Gasteiger partial charge is 0.492 e. The van der Waals surface area contributed by atoms with Gasteiger partial charge < -0.3 is 19.7 Å². The van der Waals surface area contributed by atoms with E-state index in [0.29, 0.717) is 13.2 Å². The van der Waals surface area contributed by atoms with Crippen molar-refractivity contribution in [1.82, 2.24) is 10.2 Å². The first kappa shape index (κ1) is 19.7. The first-order valence-electron chi connectivity index (χ1n) is 10.0. The van der Waals surface area contributed by atoms with E-state index in [0.717, 1.165) is 35.7 Å². The number of para-hydroxylation sites is 2. The number of rotatable bonds is 10. The molecule has 2 aromatic carbocycles. The maximum absolute atomic E-state index is 6.08. The molecule has 146 valence electrons. The lowest BCUT2D eigenvalue weighted by Gasteiger charge is -2.23. The monoisotopic (exact) mass is 368 g/mol. The second-order valence-electron chi connectivity index (χ2n) is 7.35. The van der Waals surface area contributed by atoms with Crippen LogP contribution in [0, 0.1) is 13.8 Å². The predicted molar refractivity (Wildman–Crippen MR) is 111 cm³/mol. The van der Waals surface area contributed by atoms with E-state index in [4.69, 9.17) is 9.47 Å². The normalized spacial score (nSPS) is 14.6. The number of benzene rings is 2. The summed E-state index contributed by atoms with van der Waals surface area (Å²) in [5.41, 5.74) is 2.32. The number of likely N-dealkylation sites (tertiary alicyclic amines) is 1. The van der Waals surface area contributed by atoms with Gasteiger partial charge in [-0.3, -0.25) is 0 Å². The fourth-order valence-electron chi connectivity index (χ4n) is 3.42. The molecule has 1 N–H and O–H groups in total. The van der Waals surface area contributed by atoms with Crippen LogP contribution in [0.4, 0.5) is 0 Å². The van der Waals surface area contributed by atoms with E-state index in [1.807, 2.05) is 36.4 Å². The van der Waals surface area contributed by atoms with Crippen LogP contribution in [0.3, 0.4) is 0 Å². The Bertz CT molecular complexity index is 649. The Kier molecular flexibility index (Phi) is 7.55. The summed E-state index contributed by atoms with van der Waals surface area (Å²) in [6.45, 7) is 9.85. The predicted octanol–water partition coefficient (Wildman–Crippen LogP) is 3.82. The van der Waals surface area contributed by atoms with Crippen molar-refractivity contribution in [2.45, 2.75) is 32.7 Å². The van der Waals surface area contributed by atoms with E-state index in [1.54, 1.807) is 0 Å². The molecule has 0 radical (unpaired) electrons. The Morgan fingerprint density at radius 3 is 1.89 bits per heavy atom. The molecule has 0 atom stereocenters. The maximum atomic E-state index is 6.08. The smallest absolute Gasteiger partial charge is 0.122 e. The fourth-order valence-corrected chi connectivity index (χ4v) is 3.42. The van der Waals surface area contributed by atoms with Gasteiger partial charge in [0.05, 0.1) is 6.04 Å². The van der Waals surface area contributed by atoms with Crippen LogP contribution < -0.4 is 14.8 Å². The quantitative estimate of drug-likeness (QED) is 0.691. The van der Waals surface area contributed by atoms with E-state index in [9.17, 15) is 0 Å². The molecule has 1 aliphatic rings. The van der Waals surface area contributed by atoms with Gasteiger partial charge in [0.2, 0.25) is 0 Å². The first-order chi connectivity index (χ1) is 13.2. The van der Waals surface area contributed by atoms with Gasteiger partial charge in [-0.2, -0.15) is 0 Å². The Hall–Kier alpha value is -2.04. The molecule has 4 heteroatoms. The van der Waals surface area contributed by atoms with Crippen LogP contribution in [-0.4, -0.2) is 50.3 Å². The number of hydrogen-bond acceptors (Lipinski definition) is 4. The first-order valence-corrected chi connectivity index (χ1v) is 10.0. The number of ether oxygens (including phenoxy) is 2. The van der Waals surface area contributed by atoms with Crippen molar-refractivity contribution in [3.8, 4) is 11.5 Å². The summed E-state index contributed by atoms with van der Waals surface area (Å²) >= 11 is 0. The average molecular weight is 369 g/mol. The highest BCUT2D eigenvalue weighted by molar-refractivity contribution is 5.32. The standard InChI is InChI=1S/C23H32N2O2/c1-19-9-3-5-11-22(19)26-17-21(24-13-16-25-14-7-8-15-25)18-27-23-12-6-4-10-20(23)2/h3-6,9-12,21,24H,7-8,13-18H2,1-2H3. The third-order valence-electron chi connectivity index (χ3n) is 5.13. The van der Waals surface area contributed by atoms with E-state index in [1.165, 1.54) is 25.9 Å². The van der Waals surface area contributed by atoms with Gasteiger partial charge in [-0.15, -0.1) is 0 Å². The topological polar surface area (TPSA) is 33.7 Å². The lowest BCUT2D eigenvalue weighted by atomic mass is 10.2. The number of hydrogen-bond donors (Lipinski definition) is 1. The molecule has 1 saturated heterocycles. The van der Waals surface area contributed by atoms with E-state index >= 15 is 0 Å². The number of nitrogens with one attached hydrogen (secondary N) is 1. The molecule has 4 nitrogen and oxygen atoms in total. The fraction of sp³-hybridized carbons (Fsp3) is 0.478. The minimum atomic E-state index is 0.145. The highest BCUT2D eigenvalue weighted by Gasteiger charge is 2.15. The molecule has 2 aromatic rings. The van der Waals surface area contributed by atoms with Crippen molar-refractivity contribution in [3.05, 3.63) is 59.7 Å². The molecular weight excluding hydrogens is 336 g/mol. The lowest BCUT2D eigenvalue weighted by molar-refractivity contribution is 0.190. The van der Waals surface area contributed by atoms with Crippen molar-refractivity contribution in [3.63, 3.8) is 0 Å². The van der Waals surface area contributed by atoms with Crippen LogP contribution in [0.5, 0.6) is 11.5 Å². The van der Waals surface area contributed by atoms with Crippen LogP contribution in [0.25, 0.3) is 0 Å². The summed E-state index contributed by atoms with van der Waals surface area (Å²) in [7, 11) is 0. The van der Waals surface area contributed by atoms with Crippen molar-refractivity contribution in [1.29, 1.82) is 0 Å². The molecule has 1 aliphatic heterocycles. The van der Waals surface area contributed by atoms with Crippen LogP contribution >= 0.6 is 0 Å². The second-order valence-corrected chi connectivity index (χ2v) is 7.35. The lowest BCUT2D eigenvalue weighted by Crippen LogP contribution is -2.43. The zero-order chi connectivity index (χ0) is 18.9. The maximum Gasteiger partial charge on any atom is 0.122 e. The molecule has 1 heterocycles. The molecule has 0 spiro atoms. The zero-order valence-electron chi connectivity index (χ0n) is 16.6. The van der Waals surface area contributed by atoms with Crippen LogP contribution in [0.1, 0.15) is 24.0 Å². The second kappa shape index (κ2) is 10.3. The Labute approximate surface area is 163 Å². The Balaban J connectivity index is 1.53. The zero-order valence-corrected chi connectivity index (χ0v) is 16.6. The number of aryl methyl sites for hydroxylation is 2. The van der Waals surface area contributed by atoms with Crippen molar-refractivity contribution in [2.24, 2.45) is 0 Å². The van der Waals surface area contributed by atoms with Gasteiger partial charge in [0.25, 0.3) is 0 Å². The highest BCUT2D eigenvalue weighted by atomic mass is 16.5. The molecule has 0 aromatic heterocycles. The van der Waals surface area contributed by atoms with Crippen molar-refractivity contribution in [2.75, 3.05) is 39.4 Å². The van der Waals surface area contributed by atoms with Crippen LogP contribution in [0.2, 0.25) is 0 Å². The van der Waals surface area contributed by atoms with Crippen LogP contribution in [0.15, 0.2) is 48.5 Å². The van der Waals surface area contributed by atoms with Gasteiger partial charge in [-0.25, -0.2) is 0 Å². The molecular formula is C23H32N2O2. The van der Waals surface area contributed by atoms with Gasteiger partial charge in [-0.05, 0) is 63.0 Å². The van der Waals surface area contributed by atoms with Crippen molar-refractivity contribution >= 4 is 0 Å². The van der Waals surface area contributed by atoms with Gasteiger partial charge in [0.1, 0.15) is 24.7 Å². The third kappa shape index (κ3) is 6.26. The van der Waals surface area contributed by atoms with E-state index in [2.05, 4.69) is 36.2 Å². The highest BCUT2D eigenvalue weighted by Crippen LogP contribution is 2.18. The summed E-state index contributed by atoms with van der Waals surface area (Å²) < 4.78 is 12.2. The van der Waals surface area contributed by atoms with Gasteiger partial charge in [0.15, 0.2) is 0 Å². The minimum absolute atomic E-state index is 0.145. The molecule has 27 heavy (non-hydrogen) atoms. The third-order valence-corrected chi connectivity index (χ3v) is 5.13. The van der Waals surface area contributed by atoms with Crippen LogP contribution in [-0.2, 0) is 0 Å². The molecule has 0 amide bonds. The molecule has 0 unspecified atom stereocenters. The molecule has 3 rings (SSSR count). The Morgan fingerprint density at radius 2 is 1.37 bits per heavy atom. The summed E-state index contributed by atoms with van der Waals surface area (Å²) in [6.07, 6.45) is 2.66. The number of nitrogens with zero attached hydrogens (tertiary/aromatic N) is 1. The SMILES string of the molecule is Cc1ccccc1OCC(COc1ccccc1C)NCCN1CCCC1. The average Bonchev–Trinajstić information content (AvgIpc) is 3.19. The summed E-state index contributed by atoms with van der Waals surface area (Å²) in [4.78, 5) is 2.52. The van der Waals surface area contributed by atoms with Gasteiger partial charge in [0, 0.05) is 13.1 Å². The molecule has 0 aliphatic carbocycles. The molecule has 0 bridgehead atoms. The van der Waals surface area contributed by atoms with Crippen molar-refractivity contribution < 1.29 is 9.47 Å². The summed E-state index contributed by atoms with van der Waals surface area (Å²) in [5, 5.41) is 3.63.